The Balaban J connectivity index is 1.46. The molecule has 180 valence electrons. The van der Waals surface area contributed by atoms with Gasteiger partial charge in [-0.15, -0.1) is 0 Å². The van der Waals surface area contributed by atoms with Crippen LogP contribution in [0.15, 0.2) is 78.9 Å². The molecular weight excluding hydrogens is 448 g/mol. The third kappa shape index (κ3) is 5.17. The van der Waals surface area contributed by atoms with Crippen LogP contribution in [0.25, 0.3) is 11.1 Å². The van der Waals surface area contributed by atoms with Crippen LogP contribution < -0.4 is 10.6 Å². The Bertz CT molecular complexity index is 1200. The highest BCUT2D eigenvalue weighted by Gasteiger charge is 2.33. The van der Waals surface area contributed by atoms with Crippen molar-refractivity contribution in [2.75, 3.05) is 13.2 Å². The first kappa shape index (κ1) is 24.0. The fourth-order valence-corrected chi connectivity index (χ4v) is 4.14. The van der Waals surface area contributed by atoms with E-state index in [-0.39, 0.29) is 12.5 Å². The second-order valence-corrected chi connectivity index (χ2v) is 8.61. The summed E-state index contributed by atoms with van der Waals surface area (Å²) in [6.45, 7) is 0.625. The molecule has 35 heavy (non-hydrogen) atoms. The van der Waals surface area contributed by atoms with Crippen molar-refractivity contribution >= 4 is 18.0 Å². The molecule has 4 rings (SSSR count). The molecular formula is C27H26N2O6. The maximum Gasteiger partial charge on any atom is 0.408 e. The second-order valence-electron chi connectivity index (χ2n) is 8.61. The van der Waals surface area contributed by atoms with Crippen LogP contribution >= 0.6 is 0 Å². The van der Waals surface area contributed by atoms with Crippen molar-refractivity contribution < 1.29 is 29.3 Å². The first-order valence-corrected chi connectivity index (χ1v) is 11.2. The molecule has 4 N–H and O–H groups in total. The summed E-state index contributed by atoms with van der Waals surface area (Å²) in [5.41, 5.74) is 2.66. The molecule has 3 aromatic carbocycles. The number of carboxylic acid groups (broad SMARTS) is 1. The van der Waals surface area contributed by atoms with Gasteiger partial charge < -0.3 is 25.6 Å². The molecule has 2 amide bonds. The molecule has 0 aromatic heterocycles. The van der Waals surface area contributed by atoms with E-state index >= 15 is 0 Å². The van der Waals surface area contributed by atoms with E-state index in [0.717, 1.165) is 29.2 Å². The minimum absolute atomic E-state index is 0.0801. The van der Waals surface area contributed by atoms with Gasteiger partial charge in [-0.25, -0.2) is 9.59 Å². The van der Waals surface area contributed by atoms with Gasteiger partial charge in [-0.05, 0) is 34.7 Å². The Morgan fingerprint density at radius 1 is 0.914 bits per heavy atom. The quantitative estimate of drug-likeness (QED) is 0.397. The molecule has 8 nitrogen and oxygen atoms in total. The Hall–Kier alpha value is -4.17. The standard InChI is InChI=1S/C27H26N2O6/c1-27(34,25(31)32)16-28-24(30)23(17-9-3-2-4-10-17)29-26(33)35-15-22-20-13-7-5-11-18(20)19-12-6-8-14-21(19)22/h2-14,22-23,34H,15-16H2,1H3,(H,28,30)(H,29,33)(H,31,32)/t23-,27?/m1/s1. The summed E-state index contributed by atoms with van der Waals surface area (Å²) >= 11 is 0. The molecule has 1 aliphatic rings. The molecule has 0 saturated carbocycles. The normalized spacial score (nSPS) is 14.7. The van der Waals surface area contributed by atoms with E-state index in [1.807, 2.05) is 48.5 Å². The van der Waals surface area contributed by atoms with Gasteiger partial charge >= 0.3 is 12.1 Å². The first-order chi connectivity index (χ1) is 16.8. The van der Waals surface area contributed by atoms with Crippen LogP contribution in [-0.4, -0.2) is 46.9 Å². The summed E-state index contributed by atoms with van der Waals surface area (Å²) in [5, 5.41) is 24.0. The predicted octanol–water partition coefficient (Wildman–Crippen LogP) is 3.22. The lowest BCUT2D eigenvalue weighted by molar-refractivity contribution is -0.156. The average Bonchev–Trinajstić information content (AvgIpc) is 3.19. The monoisotopic (exact) mass is 474 g/mol. The second kappa shape index (κ2) is 9.99. The first-order valence-electron chi connectivity index (χ1n) is 11.2. The molecule has 3 aromatic rings. The summed E-state index contributed by atoms with van der Waals surface area (Å²) in [7, 11) is 0. The van der Waals surface area contributed by atoms with E-state index < -0.39 is 36.2 Å². The highest BCUT2D eigenvalue weighted by Crippen LogP contribution is 2.44. The molecule has 0 spiro atoms. The van der Waals surface area contributed by atoms with Crippen LogP contribution in [0.4, 0.5) is 4.79 Å². The maximum absolute atomic E-state index is 12.9. The number of carbonyl (C=O) groups excluding carboxylic acids is 2. The molecule has 0 heterocycles. The van der Waals surface area contributed by atoms with Gasteiger partial charge in [-0.3, -0.25) is 4.79 Å². The molecule has 1 aliphatic carbocycles. The van der Waals surface area contributed by atoms with Crippen molar-refractivity contribution in [3.63, 3.8) is 0 Å². The minimum atomic E-state index is -2.15. The zero-order chi connectivity index (χ0) is 25.0. The summed E-state index contributed by atoms with van der Waals surface area (Å²) in [6, 6.07) is 23.3. The fourth-order valence-electron chi connectivity index (χ4n) is 4.14. The number of carbonyl (C=O) groups is 3. The third-order valence-corrected chi connectivity index (χ3v) is 6.07. The summed E-state index contributed by atoms with van der Waals surface area (Å²) in [5.74, 6) is -2.28. The number of carboxylic acids is 1. The number of hydrogen-bond acceptors (Lipinski definition) is 5. The van der Waals surface area contributed by atoms with Gasteiger partial charge in [0.25, 0.3) is 0 Å². The van der Waals surface area contributed by atoms with Crippen LogP contribution in [0.5, 0.6) is 0 Å². The number of hydrogen-bond donors (Lipinski definition) is 4. The van der Waals surface area contributed by atoms with Crippen molar-refractivity contribution in [3.8, 4) is 11.1 Å². The number of aliphatic hydroxyl groups is 1. The third-order valence-electron chi connectivity index (χ3n) is 6.07. The summed E-state index contributed by atoms with van der Waals surface area (Å²) < 4.78 is 5.55. The number of amides is 2. The lowest BCUT2D eigenvalue weighted by atomic mass is 9.98. The van der Waals surface area contributed by atoms with Gasteiger partial charge in [0.2, 0.25) is 5.91 Å². The maximum atomic E-state index is 12.9. The van der Waals surface area contributed by atoms with E-state index in [2.05, 4.69) is 10.6 Å². The highest BCUT2D eigenvalue weighted by atomic mass is 16.5. The average molecular weight is 475 g/mol. The number of rotatable bonds is 8. The number of benzene rings is 3. The number of ether oxygens (including phenoxy) is 1. The van der Waals surface area contributed by atoms with Crippen LogP contribution in [0, 0.1) is 0 Å². The molecule has 2 atom stereocenters. The van der Waals surface area contributed by atoms with Crippen molar-refractivity contribution in [1.29, 1.82) is 0 Å². The minimum Gasteiger partial charge on any atom is -0.479 e. The predicted molar refractivity (Wildman–Crippen MR) is 129 cm³/mol. The van der Waals surface area contributed by atoms with Crippen molar-refractivity contribution in [2.45, 2.75) is 24.5 Å². The van der Waals surface area contributed by atoms with Crippen molar-refractivity contribution in [3.05, 3.63) is 95.6 Å². The highest BCUT2D eigenvalue weighted by molar-refractivity contribution is 5.88. The molecule has 0 radical (unpaired) electrons. The molecule has 0 aliphatic heterocycles. The van der Waals surface area contributed by atoms with Gasteiger partial charge in [0.05, 0.1) is 6.54 Å². The summed E-state index contributed by atoms with van der Waals surface area (Å²) in [6.07, 6.45) is -0.791. The number of alkyl carbamates (subject to hydrolysis) is 1. The number of fused-ring (bicyclic) bond motifs is 3. The van der Waals surface area contributed by atoms with Crippen LogP contribution in [0.3, 0.4) is 0 Å². The van der Waals surface area contributed by atoms with Crippen LogP contribution in [0.1, 0.15) is 35.6 Å². The van der Waals surface area contributed by atoms with Crippen molar-refractivity contribution in [1.82, 2.24) is 10.6 Å². The van der Waals surface area contributed by atoms with Gasteiger partial charge in [0, 0.05) is 5.92 Å². The Morgan fingerprint density at radius 2 is 1.46 bits per heavy atom. The SMILES string of the molecule is CC(O)(CNC(=O)[C@H](NC(=O)OCC1c2ccccc2-c2ccccc21)c1ccccc1)C(=O)O. The van der Waals surface area contributed by atoms with Gasteiger partial charge in [-0.2, -0.15) is 0 Å². The van der Waals surface area contributed by atoms with Gasteiger partial charge in [0.15, 0.2) is 5.60 Å². The zero-order valence-corrected chi connectivity index (χ0v) is 19.1. The van der Waals surface area contributed by atoms with Crippen LogP contribution in [0.2, 0.25) is 0 Å². The van der Waals surface area contributed by atoms with E-state index in [1.165, 1.54) is 0 Å². The van der Waals surface area contributed by atoms with Crippen LogP contribution in [-0.2, 0) is 14.3 Å². The Morgan fingerprint density at radius 3 is 2.03 bits per heavy atom. The smallest absolute Gasteiger partial charge is 0.408 e. The van der Waals surface area contributed by atoms with E-state index in [0.29, 0.717) is 5.56 Å². The molecule has 1 unspecified atom stereocenters. The molecule has 8 heteroatoms. The Labute approximate surface area is 202 Å². The molecule has 0 bridgehead atoms. The lowest BCUT2D eigenvalue weighted by Gasteiger charge is -2.23. The lowest BCUT2D eigenvalue weighted by Crippen LogP contribution is -2.49. The molecule has 0 saturated heterocycles. The molecule has 0 fully saturated rings. The Kier molecular flexibility index (Phi) is 6.84. The summed E-state index contributed by atoms with van der Waals surface area (Å²) in [4.78, 5) is 36.8. The largest absolute Gasteiger partial charge is 0.479 e. The topological polar surface area (TPSA) is 125 Å². The van der Waals surface area contributed by atoms with Gasteiger partial charge in [-0.1, -0.05) is 78.9 Å². The van der Waals surface area contributed by atoms with E-state index in [9.17, 15) is 19.5 Å². The number of nitrogens with one attached hydrogen (secondary N) is 2. The van der Waals surface area contributed by atoms with E-state index in [1.54, 1.807) is 30.3 Å². The van der Waals surface area contributed by atoms with E-state index in [4.69, 9.17) is 9.84 Å². The number of aliphatic carboxylic acids is 1. The van der Waals surface area contributed by atoms with Gasteiger partial charge in [0.1, 0.15) is 12.6 Å². The fraction of sp³-hybridized carbons (Fsp3) is 0.222. The van der Waals surface area contributed by atoms with Crippen molar-refractivity contribution in [2.24, 2.45) is 0 Å². The zero-order valence-electron chi connectivity index (χ0n) is 19.1.